The van der Waals surface area contributed by atoms with Crippen LogP contribution < -0.4 is 5.32 Å². The summed E-state index contributed by atoms with van der Waals surface area (Å²) >= 11 is 11.1. The van der Waals surface area contributed by atoms with Crippen molar-refractivity contribution >= 4 is 38.9 Å². The Hall–Kier alpha value is -0.350. The average Bonchev–Trinajstić information content (AvgIpc) is 2.73. The van der Waals surface area contributed by atoms with E-state index in [0.717, 1.165) is 16.0 Å². The number of hydrogen-bond acceptors (Lipinski definition) is 2. The molecular weight excluding hydrogens is 318 g/mol. The van der Waals surface area contributed by atoms with Crippen molar-refractivity contribution in [1.29, 1.82) is 0 Å². The van der Waals surface area contributed by atoms with Crippen LogP contribution in [0.2, 0.25) is 5.02 Å². The third-order valence-corrected chi connectivity index (χ3v) is 4.58. The van der Waals surface area contributed by atoms with Gasteiger partial charge in [-0.3, -0.25) is 0 Å². The van der Waals surface area contributed by atoms with Gasteiger partial charge >= 0.3 is 0 Å². The maximum atomic E-state index is 5.89. The van der Waals surface area contributed by atoms with Crippen molar-refractivity contribution < 1.29 is 0 Å². The summed E-state index contributed by atoms with van der Waals surface area (Å²) in [5.41, 5.74) is 1.27. The fourth-order valence-corrected chi connectivity index (χ4v) is 3.29. The highest BCUT2D eigenvalue weighted by atomic mass is 79.9. The van der Waals surface area contributed by atoms with Gasteiger partial charge in [0.15, 0.2) is 0 Å². The molecule has 0 saturated heterocycles. The topological polar surface area (TPSA) is 12.0 Å². The lowest BCUT2D eigenvalue weighted by atomic mass is 10.1. The lowest BCUT2D eigenvalue weighted by Crippen LogP contribution is -2.17. The monoisotopic (exact) mass is 329 g/mol. The lowest BCUT2D eigenvalue weighted by molar-refractivity contribution is 0.577. The Labute approximate surface area is 119 Å². The zero-order valence-electron chi connectivity index (χ0n) is 9.41. The van der Waals surface area contributed by atoms with Gasteiger partial charge in [0.2, 0.25) is 0 Å². The van der Waals surface area contributed by atoms with Crippen LogP contribution >= 0.6 is 38.9 Å². The van der Waals surface area contributed by atoms with E-state index in [0.29, 0.717) is 6.04 Å². The number of nitrogens with one attached hydrogen (secondary N) is 1. The van der Waals surface area contributed by atoms with E-state index in [1.807, 2.05) is 17.5 Å². The molecular formula is C13H13BrClNS. The highest BCUT2D eigenvalue weighted by molar-refractivity contribution is 9.10. The van der Waals surface area contributed by atoms with E-state index in [4.69, 9.17) is 11.6 Å². The summed E-state index contributed by atoms with van der Waals surface area (Å²) in [4.78, 5) is 1.26. The molecule has 0 spiro atoms. The van der Waals surface area contributed by atoms with Crippen molar-refractivity contribution in [2.24, 2.45) is 0 Å². The van der Waals surface area contributed by atoms with Crippen LogP contribution in [0, 0.1) is 0 Å². The van der Waals surface area contributed by atoms with E-state index >= 15 is 0 Å². The number of benzene rings is 1. The fraction of sp³-hybridized carbons (Fsp3) is 0.231. The number of hydrogen-bond donors (Lipinski definition) is 1. The Morgan fingerprint density at radius 2 is 2.18 bits per heavy atom. The molecule has 1 aromatic carbocycles. The number of halogens is 2. The molecule has 1 N–H and O–H groups in total. The van der Waals surface area contributed by atoms with Crippen LogP contribution in [0.3, 0.4) is 0 Å². The summed E-state index contributed by atoms with van der Waals surface area (Å²) in [5, 5.41) is 6.27. The molecule has 0 saturated carbocycles. The minimum Gasteiger partial charge on any atom is -0.305 e. The van der Waals surface area contributed by atoms with Crippen molar-refractivity contribution in [1.82, 2.24) is 5.32 Å². The van der Waals surface area contributed by atoms with Crippen molar-refractivity contribution in [3.63, 3.8) is 0 Å². The highest BCUT2D eigenvalue weighted by Crippen LogP contribution is 2.24. The molecule has 0 amide bonds. The van der Waals surface area contributed by atoms with Gasteiger partial charge in [-0.2, -0.15) is 0 Å². The Kier molecular flexibility index (Phi) is 4.62. The van der Waals surface area contributed by atoms with Gasteiger partial charge < -0.3 is 5.32 Å². The van der Waals surface area contributed by atoms with Gasteiger partial charge in [0.05, 0.1) is 5.02 Å². The SMILES string of the molecule is C[C@@H](NCc1cc(Cl)cs1)c1ccccc1Br. The van der Waals surface area contributed by atoms with Crippen molar-refractivity contribution in [3.8, 4) is 0 Å². The molecule has 0 bridgehead atoms. The summed E-state index contributed by atoms with van der Waals surface area (Å²) in [6.45, 7) is 3.01. The Bertz CT molecular complexity index is 498. The molecule has 90 valence electrons. The molecule has 0 fully saturated rings. The molecule has 1 heterocycles. The Morgan fingerprint density at radius 1 is 1.41 bits per heavy atom. The second kappa shape index (κ2) is 6.01. The first-order valence-electron chi connectivity index (χ1n) is 5.37. The quantitative estimate of drug-likeness (QED) is 0.830. The lowest BCUT2D eigenvalue weighted by Gasteiger charge is -2.15. The third kappa shape index (κ3) is 3.55. The maximum Gasteiger partial charge on any atom is 0.0516 e. The van der Waals surface area contributed by atoms with Gasteiger partial charge in [0.25, 0.3) is 0 Å². The molecule has 1 aromatic heterocycles. The van der Waals surface area contributed by atoms with Crippen LogP contribution in [0.5, 0.6) is 0 Å². The molecule has 1 nitrogen and oxygen atoms in total. The van der Waals surface area contributed by atoms with Crippen molar-refractivity contribution in [3.05, 3.63) is 55.6 Å². The molecule has 17 heavy (non-hydrogen) atoms. The molecule has 0 radical (unpaired) electrons. The molecule has 0 aliphatic heterocycles. The second-order valence-corrected chi connectivity index (χ2v) is 6.14. The van der Waals surface area contributed by atoms with E-state index in [-0.39, 0.29) is 0 Å². The van der Waals surface area contributed by atoms with E-state index in [2.05, 4.69) is 46.4 Å². The van der Waals surface area contributed by atoms with Crippen LogP contribution in [0.15, 0.2) is 40.2 Å². The largest absolute Gasteiger partial charge is 0.305 e. The van der Waals surface area contributed by atoms with Gasteiger partial charge in [-0.1, -0.05) is 45.7 Å². The zero-order chi connectivity index (χ0) is 12.3. The zero-order valence-corrected chi connectivity index (χ0v) is 12.6. The number of rotatable bonds is 4. The molecule has 0 unspecified atom stereocenters. The molecule has 0 aliphatic rings. The summed E-state index contributed by atoms with van der Waals surface area (Å²) in [6.07, 6.45) is 0. The smallest absolute Gasteiger partial charge is 0.0516 e. The van der Waals surface area contributed by atoms with Crippen LogP contribution in [0.4, 0.5) is 0 Å². The maximum absolute atomic E-state index is 5.89. The molecule has 2 aromatic rings. The Morgan fingerprint density at radius 3 is 2.82 bits per heavy atom. The summed E-state index contributed by atoms with van der Waals surface area (Å²) in [7, 11) is 0. The van der Waals surface area contributed by atoms with Crippen molar-refractivity contribution in [2.45, 2.75) is 19.5 Å². The normalized spacial score (nSPS) is 12.6. The second-order valence-electron chi connectivity index (χ2n) is 3.86. The molecule has 1 atom stereocenters. The predicted octanol–water partition coefficient (Wildman–Crippen LogP) is 5.01. The number of thiophene rings is 1. The van der Waals surface area contributed by atoms with E-state index in [9.17, 15) is 0 Å². The van der Waals surface area contributed by atoms with Crippen LogP contribution in [-0.4, -0.2) is 0 Å². The predicted molar refractivity (Wildman–Crippen MR) is 78.7 cm³/mol. The highest BCUT2D eigenvalue weighted by Gasteiger charge is 2.08. The van der Waals surface area contributed by atoms with Crippen LogP contribution in [-0.2, 0) is 6.54 Å². The first-order valence-corrected chi connectivity index (χ1v) is 7.42. The minimum atomic E-state index is 0.312. The van der Waals surface area contributed by atoms with Crippen LogP contribution in [0.25, 0.3) is 0 Å². The van der Waals surface area contributed by atoms with Gasteiger partial charge in [-0.05, 0) is 24.6 Å². The molecule has 2 rings (SSSR count). The summed E-state index contributed by atoms with van der Waals surface area (Å²) < 4.78 is 1.14. The standard InChI is InChI=1S/C13H13BrClNS/c1-9(12-4-2-3-5-13(12)14)16-7-11-6-10(15)8-17-11/h2-6,8-9,16H,7H2,1H3/t9-/m1/s1. The van der Waals surface area contributed by atoms with Gasteiger partial charge in [0, 0.05) is 27.3 Å². The van der Waals surface area contributed by atoms with Crippen molar-refractivity contribution in [2.75, 3.05) is 0 Å². The first-order chi connectivity index (χ1) is 8.16. The average molecular weight is 331 g/mol. The van der Waals surface area contributed by atoms with Gasteiger partial charge in [0.1, 0.15) is 0 Å². The van der Waals surface area contributed by atoms with E-state index in [1.165, 1.54) is 10.4 Å². The molecule has 0 aliphatic carbocycles. The van der Waals surface area contributed by atoms with E-state index < -0.39 is 0 Å². The minimum absolute atomic E-state index is 0.312. The van der Waals surface area contributed by atoms with Gasteiger partial charge in [-0.25, -0.2) is 0 Å². The molecule has 4 heteroatoms. The van der Waals surface area contributed by atoms with Crippen LogP contribution in [0.1, 0.15) is 23.4 Å². The summed E-state index contributed by atoms with van der Waals surface area (Å²) in [5.74, 6) is 0. The fourth-order valence-electron chi connectivity index (χ4n) is 1.64. The van der Waals surface area contributed by atoms with Gasteiger partial charge in [-0.15, -0.1) is 11.3 Å². The summed E-state index contributed by atoms with van der Waals surface area (Å²) in [6, 6.07) is 10.6. The third-order valence-electron chi connectivity index (χ3n) is 2.58. The Balaban J connectivity index is 1.98. The first kappa shape index (κ1) is 13.1. The van der Waals surface area contributed by atoms with E-state index in [1.54, 1.807) is 11.3 Å².